The second kappa shape index (κ2) is 7.57. The van der Waals surface area contributed by atoms with E-state index >= 15 is 0 Å². The Labute approximate surface area is 167 Å². The molecule has 0 unspecified atom stereocenters. The molecule has 1 aromatic heterocycles. The molecule has 0 amide bonds. The normalized spacial score (nSPS) is 15.6. The van der Waals surface area contributed by atoms with Crippen LogP contribution in [0, 0.1) is 0 Å². The average Bonchev–Trinajstić information content (AvgIpc) is 2.64. The molecule has 2 aromatic carbocycles. The highest BCUT2D eigenvalue weighted by Gasteiger charge is 2.21. The first-order valence-electron chi connectivity index (χ1n) is 8.42. The van der Waals surface area contributed by atoms with E-state index in [0.29, 0.717) is 15.1 Å². The Morgan fingerprint density at radius 1 is 0.885 bits per heavy atom. The fraction of sp³-hybridized carbons (Fsp3) is 0.263. The predicted molar refractivity (Wildman–Crippen MR) is 109 cm³/mol. The molecular weight excluding hydrogens is 391 g/mol. The average molecular weight is 408 g/mol. The van der Waals surface area contributed by atoms with E-state index in [1.165, 1.54) is 0 Å². The van der Waals surface area contributed by atoms with Gasteiger partial charge in [-0.05, 0) is 29.8 Å². The molecule has 7 heteroatoms. The van der Waals surface area contributed by atoms with Crippen molar-refractivity contribution in [3.63, 3.8) is 0 Å². The number of piperazine rings is 1. The van der Waals surface area contributed by atoms with E-state index < -0.39 is 0 Å². The number of rotatable bonds is 3. The molecule has 0 bridgehead atoms. The maximum Gasteiger partial charge on any atom is 0.141 e. The van der Waals surface area contributed by atoms with E-state index in [0.717, 1.165) is 55.0 Å². The molecule has 1 aliphatic heterocycles. The number of hydrogen-bond acceptors (Lipinski definition) is 4. The summed E-state index contributed by atoms with van der Waals surface area (Å²) in [4.78, 5) is 13.5. The monoisotopic (exact) mass is 406 g/mol. The van der Waals surface area contributed by atoms with Gasteiger partial charge in [0.05, 0.1) is 15.9 Å². The molecule has 4 nitrogen and oxygen atoms in total. The molecule has 3 aromatic rings. The van der Waals surface area contributed by atoms with Crippen molar-refractivity contribution in [2.24, 2.45) is 0 Å². The molecule has 1 saturated heterocycles. The number of anilines is 1. The lowest BCUT2D eigenvalue weighted by atomic mass is 10.1. The van der Waals surface area contributed by atoms with Gasteiger partial charge in [0, 0.05) is 42.8 Å². The number of hydrogen-bond donors (Lipinski definition) is 0. The molecule has 2 heterocycles. The maximum atomic E-state index is 6.41. The van der Waals surface area contributed by atoms with Crippen LogP contribution in [0.5, 0.6) is 0 Å². The highest BCUT2D eigenvalue weighted by molar-refractivity contribution is 6.36. The van der Waals surface area contributed by atoms with E-state index in [2.05, 4.69) is 19.8 Å². The van der Waals surface area contributed by atoms with E-state index in [1.54, 1.807) is 12.4 Å². The van der Waals surface area contributed by atoms with Gasteiger partial charge in [0.15, 0.2) is 0 Å². The van der Waals surface area contributed by atoms with Crippen LogP contribution in [-0.4, -0.2) is 41.0 Å². The molecule has 26 heavy (non-hydrogen) atoms. The number of fused-ring (bicyclic) bond motifs is 1. The lowest BCUT2D eigenvalue weighted by molar-refractivity contribution is 0.249. The van der Waals surface area contributed by atoms with Crippen molar-refractivity contribution in [1.82, 2.24) is 14.9 Å². The topological polar surface area (TPSA) is 32.3 Å². The molecule has 1 aliphatic rings. The standard InChI is InChI=1S/C19H17Cl3N4/c20-14-5-4-13(16(22)10-14)11-25-6-8-26(9-7-25)19-18-15(21)2-1-3-17(18)23-12-24-19/h1-5,10,12H,6-9,11H2. The van der Waals surface area contributed by atoms with Gasteiger partial charge in [0.2, 0.25) is 0 Å². The van der Waals surface area contributed by atoms with Crippen molar-refractivity contribution in [3.05, 3.63) is 63.4 Å². The van der Waals surface area contributed by atoms with E-state index in [-0.39, 0.29) is 0 Å². The van der Waals surface area contributed by atoms with Crippen molar-refractivity contribution in [1.29, 1.82) is 0 Å². The Morgan fingerprint density at radius 2 is 1.69 bits per heavy atom. The number of nitrogens with zero attached hydrogens (tertiary/aromatic N) is 4. The fourth-order valence-electron chi connectivity index (χ4n) is 3.30. The molecule has 0 aliphatic carbocycles. The lowest BCUT2D eigenvalue weighted by Crippen LogP contribution is -2.46. The van der Waals surface area contributed by atoms with Gasteiger partial charge in [-0.2, -0.15) is 0 Å². The van der Waals surface area contributed by atoms with Gasteiger partial charge in [-0.15, -0.1) is 0 Å². The molecule has 134 valence electrons. The van der Waals surface area contributed by atoms with Crippen LogP contribution in [-0.2, 0) is 6.54 Å². The summed E-state index contributed by atoms with van der Waals surface area (Å²) in [5.74, 6) is 0.907. The minimum Gasteiger partial charge on any atom is -0.353 e. The number of aromatic nitrogens is 2. The zero-order valence-electron chi connectivity index (χ0n) is 14.0. The van der Waals surface area contributed by atoms with Crippen LogP contribution in [0.25, 0.3) is 10.9 Å². The first-order chi connectivity index (χ1) is 12.6. The predicted octanol–water partition coefficient (Wildman–Crippen LogP) is 4.91. The highest BCUT2D eigenvalue weighted by atomic mass is 35.5. The summed E-state index contributed by atoms with van der Waals surface area (Å²) >= 11 is 18.7. The minimum absolute atomic E-state index is 0.663. The first-order valence-corrected chi connectivity index (χ1v) is 9.55. The van der Waals surface area contributed by atoms with Crippen LogP contribution in [0.15, 0.2) is 42.7 Å². The van der Waals surface area contributed by atoms with Gasteiger partial charge in [-0.3, -0.25) is 4.90 Å². The van der Waals surface area contributed by atoms with Crippen molar-refractivity contribution < 1.29 is 0 Å². The van der Waals surface area contributed by atoms with Gasteiger partial charge < -0.3 is 4.90 Å². The third-order valence-electron chi connectivity index (χ3n) is 4.67. The third-order valence-corrected chi connectivity index (χ3v) is 5.57. The van der Waals surface area contributed by atoms with E-state index in [1.807, 2.05) is 30.3 Å². The number of benzene rings is 2. The highest BCUT2D eigenvalue weighted by Crippen LogP contribution is 2.30. The number of halogens is 3. The van der Waals surface area contributed by atoms with E-state index in [9.17, 15) is 0 Å². The van der Waals surface area contributed by atoms with Gasteiger partial charge in [-0.1, -0.05) is 46.9 Å². The molecule has 0 spiro atoms. The van der Waals surface area contributed by atoms with E-state index in [4.69, 9.17) is 34.8 Å². The minimum atomic E-state index is 0.663. The van der Waals surface area contributed by atoms with Crippen molar-refractivity contribution >= 4 is 51.5 Å². The van der Waals surface area contributed by atoms with Crippen molar-refractivity contribution in [2.75, 3.05) is 31.1 Å². The van der Waals surface area contributed by atoms with Gasteiger partial charge in [0.25, 0.3) is 0 Å². The first kappa shape index (κ1) is 17.8. The summed E-state index contributed by atoms with van der Waals surface area (Å²) in [6.07, 6.45) is 1.61. The van der Waals surface area contributed by atoms with Crippen LogP contribution in [0.2, 0.25) is 15.1 Å². The van der Waals surface area contributed by atoms with Crippen LogP contribution < -0.4 is 4.90 Å². The molecular formula is C19H17Cl3N4. The summed E-state index contributed by atoms with van der Waals surface area (Å²) in [6.45, 7) is 4.42. The summed E-state index contributed by atoms with van der Waals surface area (Å²) in [5, 5.41) is 2.99. The SMILES string of the molecule is Clc1ccc(CN2CCN(c3ncnc4cccc(Cl)c34)CC2)c(Cl)c1. The molecule has 0 N–H and O–H groups in total. The second-order valence-corrected chi connectivity index (χ2v) is 7.58. The van der Waals surface area contributed by atoms with Gasteiger partial charge >= 0.3 is 0 Å². The fourth-order valence-corrected chi connectivity index (χ4v) is 4.02. The molecule has 0 atom stereocenters. The summed E-state index contributed by atoms with van der Waals surface area (Å²) in [5.41, 5.74) is 1.97. The van der Waals surface area contributed by atoms with Crippen LogP contribution in [0.3, 0.4) is 0 Å². The summed E-state index contributed by atoms with van der Waals surface area (Å²) in [7, 11) is 0. The molecule has 0 saturated carbocycles. The molecule has 0 radical (unpaired) electrons. The Bertz CT molecular complexity index is 934. The summed E-state index contributed by atoms with van der Waals surface area (Å²) in [6, 6.07) is 11.4. The van der Waals surface area contributed by atoms with Crippen LogP contribution >= 0.6 is 34.8 Å². The molecule has 4 rings (SSSR count). The van der Waals surface area contributed by atoms with Crippen molar-refractivity contribution in [2.45, 2.75) is 6.54 Å². The Kier molecular flexibility index (Phi) is 5.18. The van der Waals surface area contributed by atoms with Crippen LogP contribution in [0.1, 0.15) is 5.56 Å². The maximum absolute atomic E-state index is 6.41. The Morgan fingerprint density at radius 3 is 2.46 bits per heavy atom. The Balaban J connectivity index is 1.49. The molecule has 1 fully saturated rings. The lowest BCUT2D eigenvalue weighted by Gasteiger charge is -2.36. The Hall–Kier alpha value is -1.59. The largest absolute Gasteiger partial charge is 0.353 e. The summed E-state index contributed by atoms with van der Waals surface area (Å²) < 4.78 is 0. The van der Waals surface area contributed by atoms with Gasteiger partial charge in [-0.25, -0.2) is 9.97 Å². The second-order valence-electron chi connectivity index (χ2n) is 6.33. The quantitative estimate of drug-likeness (QED) is 0.617. The van der Waals surface area contributed by atoms with Crippen molar-refractivity contribution in [3.8, 4) is 0 Å². The zero-order chi connectivity index (χ0) is 18.1. The zero-order valence-corrected chi connectivity index (χ0v) is 16.3. The smallest absolute Gasteiger partial charge is 0.141 e. The van der Waals surface area contributed by atoms with Gasteiger partial charge in [0.1, 0.15) is 12.1 Å². The third kappa shape index (κ3) is 3.60. The van der Waals surface area contributed by atoms with Crippen LogP contribution in [0.4, 0.5) is 5.82 Å².